The average molecular weight is 218 g/mol. The summed E-state index contributed by atoms with van der Waals surface area (Å²) in [4.78, 5) is 14.2. The molecule has 1 heterocycles. The fraction of sp³-hybridized carbons (Fsp3) is 0.143. The summed E-state index contributed by atoms with van der Waals surface area (Å²) in [5, 5.41) is 0.205. The van der Waals surface area contributed by atoms with Crippen LogP contribution in [0.25, 0.3) is 0 Å². The summed E-state index contributed by atoms with van der Waals surface area (Å²) in [6.07, 6.45) is 1.27. The third kappa shape index (κ3) is 2.08. The molecule has 0 fully saturated rings. The van der Waals surface area contributed by atoms with Gasteiger partial charge in [-0.15, -0.1) is 0 Å². The van der Waals surface area contributed by atoms with Crippen molar-refractivity contribution in [3.63, 3.8) is 0 Å². The first-order chi connectivity index (χ1) is 5.24. The van der Waals surface area contributed by atoms with Crippen molar-refractivity contribution >= 4 is 21.7 Å². The standard InChI is InChI=1S/C7H5BrFNO/c8-4-6(11)5-1-2-10-7(9)3-5/h1-3H,4H2. The molecule has 0 aliphatic heterocycles. The van der Waals surface area contributed by atoms with Crippen LogP contribution in [-0.2, 0) is 0 Å². The first-order valence-corrected chi connectivity index (χ1v) is 4.07. The molecule has 0 unspecified atom stereocenters. The van der Waals surface area contributed by atoms with Crippen LogP contribution < -0.4 is 0 Å². The summed E-state index contributed by atoms with van der Waals surface area (Å²) in [5.41, 5.74) is 0.342. The summed E-state index contributed by atoms with van der Waals surface area (Å²) in [6, 6.07) is 2.59. The van der Waals surface area contributed by atoms with Gasteiger partial charge in [0.25, 0.3) is 0 Å². The van der Waals surface area contributed by atoms with E-state index in [1.807, 2.05) is 0 Å². The van der Waals surface area contributed by atoms with E-state index in [1.54, 1.807) is 0 Å². The van der Waals surface area contributed by atoms with E-state index in [0.717, 1.165) is 6.07 Å². The largest absolute Gasteiger partial charge is 0.293 e. The van der Waals surface area contributed by atoms with Gasteiger partial charge in [0.1, 0.15) is 0 Å². The van der Waals surface area contributed by atoms with Crippen LogP contribution >= 0.6 is 15.9 Å². The van der Waals surface area contributed by atoms with Crippen molar-refractivity contribution in [3.05, 3.63) is 29.8 Å². The summed E-state index contributed by atoms with van der Waals surface area (Å²) >= 11 is 2.98. The topological polar surface area (TPSA) is 30.0 Å². The minimum Gasteiger partial charge on any atom is -0.293 e. The zero-order chi connectivity index (χ0) is 8.27. The number of rotatable bonds is 2. The fourth-order valence-electron chi connectivity index (χ4n) is 0.653. The monoisotopic (exact) mass is 217 g/mol. The molecule has 11 heavy (non-hydrogen) atoms. The van der Waals surface area contributed by atoms with Crippen LogP contribution in [0.2, 0.25) is 0 Å². The predicted molar refractivity (Wildman–Crippen MR) is 42.3 cm³/mol. The van der Waals surface area contributed by atoms with Crippen LogP contribution in [0.4, 0.5) is 4.39 Å². The van der Waals surface area contributed by atoms with Crippen LogP contribution in [0.5, 0.6) is 0 Å². The Bertz CT molecular complexity index is 277. The van der Waals surface area contributed by atoms with Gasteiger partial charge in [0, 0.05) is 17.8 Å². The number of ketones is 1. The highest BCUT2D eigenvalue weighted by Gasteiger charge is 2.03. The molecule has 1 aromatic heterocycles. The second kappa shape index (κ2) is 3.57. The molecule has 2 nitrogen and oxygen atoms in total. The molecule has 1 aromatic rings. The SMILES string of the molecule is O=C(CBr)c1ccnc(F)c1. The molecule has 0 radical (unpaired) electrons. The van der Waals surface area contributed by atoms with Gasteiger partial charge in [-0.2, -0.15) is 4.39 Å². The first-order valence-electron chi connectivity index (χ1n) is 2.95. The molecular formula is C7H5BrFNO. The van der Waals surface area contributed by atoms with Gasteiger partial charge in [-0.05, 0) is 6.07 Å². The van der Waals surface area contributed by atoms with Crippen molar-refractivity contribution in [3.8, 4) is 0 Å². The number of hydrogen-bond donors (Lipinski definition) is 0. The minimum absolute atomic E-state index is 0.147. The number of halogens is 2. The van der Waals surface area contributed by atoms with E-state index < -0.39 is 5.95 Å². The zero-order valence-corrected chi connectivity index (χ0v) is 7.14. The Balaban J connectivity index is 2.96. The number of Topliss-reactive ketones (excluding diaryl/α,β-unsaturated/α-hetero) is 1. The molecule has 0 aromatic carbocycles. The molecule has 0 saturated heterocycles. The molecule has 0 bridgehead atoms. The maximum atomic E-state index is 12.4. The van der Waals surface area contributed by atoms with Gasteiger partial charge in [0.05, 0.1) is 5.33 Å². The molecule has 0 saturated carbocycles. The highest BCUT2D eigenvalue weighted by molar-refractivity contribution is 9.09. The average Bonchev–Trinajstić information content (AvgIpc) is 2.03. The number of pyridine rings is 1. The molecule has 58 valence electrons. The first kappa shape index (κ1) is 8.33. The van der Waals surface area contributed by atoms with Gasteiger partial charge in [0.2, 0.25) is 5.95 Å². The van der Waals surface area contributed by atoms with Crippen molar-refractivity contribution in [1.82, 2.24) is 4.98 Å². The third-order valence-electron chi connectivity index (χ3n) is 1.17. The van der Waals surface area contributed by atoms with E-state index in [0.29, 0.717) is 5.56 Å². The van der Waals surface area contributed by atoms with E-state index in [4.69, 9.17) is 0 Å². The molecule has 0 aliphatic rings. The van der Waals surface area contributed by atoms with Gasteiger partial charge in [-0.25, -0.2) is 4.98 Å². The number of nitrogens with zero attached hydrogens (tertiary/aromatic N) is 1. The molecule has 1 rings (SSSR count). The smallest absolute Gasteiger partial charge is 0.213 e. The summed E-state index contributed by atoms with van der Waals surface area (Å²) in [6.45, 7) is 0. The quantitative estimate of drug-likeness (QED) is 0.430. The van der Waals surface area contributed by atoms with E-state index in [2.05, 4.69) is 20.9 Å². The van der Waals surface area contributed by atoms with Gasteiger partial charge in [0.15, 0.2) is 5.78 Å². The summed E-state index contributed by atoms with van der Waals surface area (Å²) in [5.74, 6) is -0.775. The second-order valence-corrected chi connectivity index (χ2v) is 2.48. The van der Waals surface area contributed by atoms with Crippen molar-refractivity contribution in [2.75, 3.05) is 5.33 Å². The third-order valence-corrected chi connectivity index (χ3v) is 1.68. The lowest BCUT2D eigenvalue weighted by atomic mass is 10.2. The minimum atomic E-state index is -0.628. The predicted octanol–water partition coefficient (Wildman–Crippen LogP) is 1.80. The summed E-state index contributed by atoms with van der Waals surface area (Å²) < 4.78 is 12.4. The van der Waals surface area contributed by atoms with Crippen molar-refractivity contribution in [2.24, 2.45) is 0 Å². The zero-order valence-electron chi connectivity index (χ0n) is 5.55. The van der Waals surface area contributed by atoms with Gasteiger partial charge in [-0.3, -0.25) is 4.79 Å². The molecule has 0 N–H and O–H groups in total. The number of alkyl halides is 1. The maximum Gasteiger partial charge on any atom is 0.213 e. The van der Waals surface area contributed by atoms with Crippen LogP contribution in [0.1, 0.15) is 10.4 Å². The maximum absolute atomic E-state index is 12.4. The molecule has 0 amide bonds. The van der Waals surface area contributed by atoms with Crippen molar-refractivity contribution in [1.29, 1.82) is 0 Å². The van der Waals surface area contributed by atoms with Crippen LogP contribution in [-0.4, -0.2) is 16.1 Å². The number of carbonyl (C=O) groups excluding carboxylic acids is 1. The van der Waals surface area contributed by atoms with Gasteiger partial charge >= 0.3 is 0 Å². The van der Waals surface area contributed by atoms with Gasteiger partial charge in [-0.1, -0.05) is 15.9 Å². The lowest BCUT2D eigenvalue weighted by Gasteiger charge is -1.94. The lowest BCUT2D eigenvalue weighted by molar-refractivity contribution is 0.102. The Morgan fingerprint density at radius 2 is 2.45 bits per heavy atom. The normalized spacial score (nSPS) is 9.64. The molecule has 0 atom stereocenters. The molecule has 0 spiro atoms. The number of hydrogen-bond acceptors (Lipinski definition) is 2. The van der Waals surface area contributed by atoms with E-state index in [9.17, 15) is 9.18 Å². The molecule has 0 aliphatic carbocycles. The Hall–Kier alpha value is -0.770. The lowest BCUT2D eigenvalue weighted by Crippen LogP contribution is -2.00. The number of carbonyl (C=O) groups is 1. The second-order valence-electron chi connectivity index (χ2n) is 1.92. The van der Waals surface area contributed by atoms with Crippen LogP contribution in [0.15, 0.2) is 18.3 Å². The molecular weight excluding hydrogens is 213 g/mol. The fourth-order valence-corrected chi connectivity index (χ4v) is 0.977. The van der Waals surface area contributed by atoms with Crippen molar-refractivity contribution in [2.45, 2.75) is 0 Å². The molecule has 4 heteroatoms. The van der Waals surface area contributed by atoms with E-state index in [-0.39, 0.29) is 11.1 Å². The van der Waals surface area contributed by atoms with E-state index in [1.165, 1.54) is 12.3 Å². The Kier molecular flexibility index (Phi) is 2.70. The Labute approximate surface area is 71.6 Å². The van der Waals surface area contributed by atoms with Gasteiger partial charge < -0.3 is 0 Å². The summed E-state index contributed by atoms with van der Waals surface area (Å²) in [7, 11) is 0. The Morgan fingerprint density at radius 3 is 3.00 bits per heavy atom. The van der Waals surface area contributed by atoms with Crippen LogP contribution in [0, 0.1) is 5.95 Å². The highest BCUT2D eigenvalue weighted by Crippen LogP contribution is 2.02. The highest BCUT2D eigenvalue weighted by atomic mass is 79.9. The van der Waals surface area contributed by atoms with Crippen molar-refractivity contribution < 1.29 is 9.18 Å². The number of aromatic nitrogens is 1. The van der Waals surface area contributed by atoms with E-state index >= 15 is 0 Å². The Morgan fingerprint density at radius 1 is 1.73 bits per heavy atom. The van der Waals surface area contributed by atoms with Crippen LogP contribution in [0.3, 0.4) is 0 Å².